The number of likely N-dealkylation sites (N-methyl/N-ethyl adjacent to an activating group) is 1. The van der Waals surface area contributed by atoms with Crippen molar-refractivity contribution in [2.75, 3.05) is 14.1 Å². The van der Waals surface area contributed by atoms with Crippen molar-refractivity contribution in [1.82, 2.24) is 24.4 Å². The van der Waals surface area contributed by atoms with Crippen molar-refractivity contribution in [3.05, 3.63) is 66.9 Å². The molecule has 0 aliphatic carbocycles. The highest BCUT2D eigenvalue weighted by atomic mass is 15.2. The number of hydrogen-bond donors (Lipinski definition) is 0. The van der Waals surface area contributed by atoms with Crippen molar-refractivity contribution in [2.24, 2.45) is 0 Å². The topological polar surface area (TPSA) is 46.8 Å². The van der Waals surface area contributed by atoms with Crippen LogP contribution < -0.4 is 0 Å². The molecule has 0 radical (unpaired) electrons. The molecule has 0 bridgehead atoms. The zero-order chi connectivity index (χ0) is 15.4. The molecule has 0 aromatic carbocycles. The van der Waals surface area contributed by atoms with E-state index in [4.69, 9.17) is 0 Å². The summed E-state index contributed by atoms with van der Waals surface area (Å²) in [4.78, 5) is 15.5. The first-order chi connectivity index (χ1) is 10.8. The van der Waals surface area contributed by atoms with E-state index in [9.17, 15) is 0 Å². The number of nitrogens with zero attached hydrogens (tertiary/aromatic N) is 5. The maximum atomic E-state index is 4.49. The van der Waals surface area contributed by atoms with Crippen LogP contribution in [0.3, 0.4) is 0 Å². The van der Waals surface area contributed by atoms with Crippen molar-refractivity contribution in [3.8, 4) is 11.5 Å². The van der Waals surface area contributed by atoms with Crippen LogP contribution in [0, 0.1) is 0 Å². The molecule has 0 saturated heterocycles. The lowest BCUT2D eigenvalue weighted by atomic mass is 10.1. The Morgan fingerprint density at radius 3 is 2.36 bits per heavy atom. The second-order valence-electron chi connectivity index (χ2n) is 5.35. The third-order valence-electron chi connectivity index (χ3n) is 3.63. The van der Waals surface area contributed by atoms with E-state index >= 15 is 0 Å². The Balaban J connectivity index is 1.91. The fourth-order valence-electron chi connectivity index (χ4n) is 2.47. The second kappa shape index (κ2) is 6.49. The second-order valence-corrected chi connectivity index (χ2v) is 5.35. The summed E-state index contributed by atoms with van der Waals surface area (Å²) >= 11 is 0. The quantitative estimate of drug-likeness (QED) is 0.725. The van der Waals surface area contributed by atoms with Gasteiger partial charge in [0.25, 0.3) is 0 Å². The standard InChI is InChI=1S/C17H19N5/c1-21(2)16(14-7-3-5-9-18-14)13-22-12-11-20-17(22)15-8-4-6-10-19-15/h3-12,16H,13H2,1-2H3/t16-/m1/s1. The monoisotopic (exact) mass is 293 g/mol. The minimum absolute atomic E-state index is 0.179. The van der Waals surface area contributed by atoms with Gasteiger partial charge in [0.15, 0.2) is 5.82 Å². The molecule has 0 unspecified atom stereocenters. The van der Waals surface area contributed by atoms with E-state index in [-0.39, 0.29) is 6.04 Å². The third kappa shape index (κ3) is 3.04. The van der Waals surface area contributed by atoms with Crippen molar-refractivity contribution in [2.45, 2.75) is 12.6 Å². The lowest BCUT2D eigenvalue weighted by Gasteiger charge is -2.24. The van der Waals surface area contributed by atoms with E-state index in [1.165, 1.54) is 0 Å². The molecule has 3 aromatic heterocycles. The number of hydrogen-bond acceptors (Lipinski definition) is 4. The molecule has 22 heavy (non-hydrogen) atoms. The van der Waals surface area contributed by atoms with E-state index in [2.05, 4.69) is 44.6 Å². The zero-order valence-electron chi connectivity index (χ0n) is 12.8. The van der Waals surface area contributed by atoms with Gasteiger partial charge >= 0.3 is 0 Å². The van der Waals surface area contributed by atoms with Gasteiger partial charge in [0.05, 0.1) is 11.7 Å². The van der Waals surface area contributed by atoms with Gasteiger partial charge in [-0.1, -0.05) is 12.1 Å². The Labute approximate surface area is 130 Å². The average molecular weight is 293 g/mol. The summed E-state index contributed by atoms with van der Waals surface area (Å²) in [6.45, 7) is 0.774. The Hall–Kier alpha value is -2.53. The van der Waals surface area contributed by atoms with Crippen LogP contribution in [-0.4, -0.2) is 38.5 Å². The van der Waals surface area contributed by atoms with E-state index in [1.807, 2.05) is 48.9 Å². The van der Waals surface area contributed by atoms with Crippen LogP contribution >= 0.6 is 0 Å². The molecule has 0 N–H and O–H groups in total. The molecule has 1 atom stereocenters. The van der Waals surface area contributed by atoms with Gasteiger partial charge in [-0.2, -0.15) is 0 Å². The molecular weight excluding hydrogens is 274 g/mol. The summed E-state index contributed by atoms with van der Waals surface area (Å²) in [5, 5.41) is 0. The van der Waals surface area contributed by atoms with E-state index in [0.717, 1.165) is 23.8 Å². The smallest absolute Gasteiger partial charge is 0.158 e. The predicted molar refractivity (Wildman–Crippen MR) is 86.1 cm³/mol. The zero-order valence-corrected chi connectivity index (χ0v) is 12.8. The number of pyridine rings is 2. The van der Waals surface area contributed by atoms with Crippen LogP contribution in [0.2, 0.25) is 0 Å². The summed E-state index contributed by atoms with van der Waals surface area (Å²) in [5.41, 5.74) is 1.93. The van der Waals surface area contributed by atoms with Gasteiger partial charge in [-0.3, -0.25) is 14.9 Å². The SMILES string of the molecule is CN(C)[C@H](Cn1ccnc1-c1ccccn1)c1ccccn1. The highest BCUT2D eigenvalue weighted by Crippen LogP contribution is 2.21. The molecule has 3 aromatic rings. The molecule has 112 valence electrons. The van der Waals surface area contributed by atoms with Crippen molar-refractivity contribution in [3.63, 3.8) is 0 Å². The fraction of sp³-hybridized carbons (Fsp3) is 0.235. The Morgan fingerprint density at radius 1 is 0.955 bits per heavy atom. The molecule has 0 spiro atoms. The van der Waals surface area contributed by atoms with Gasteiger partial charge in [0.1, 0.15) is 5.69 Å². The van der Waals surface area contributed by atoms with Crippen molar-refractivity contribution < 1.29 is 0 Å². The number of imidazole rings is 1. The molecule has 5 nitrogen and oxygen atoms in total. The van der Waals surface area contributed by atoms with Crippen LogP contribution in [0.5, 0.6) is 0 Å². The molecule has 0 fully saturated rings. The minimum atomic E-state index is 0.179. The maximum Gasteiger partial charge on any atom is 0.158 e. The first kappa shape index (κ1) is 14.4. The van der Waals surface area contributed by atoms with E-state index in [0.29, 0.717) is 0 Å². The van der Waals surface area contributed by atoms with Crippen molar-refractivity contribution in [1.29, 1.82) is 0 Å². The largest absolute Gasteiger partial charge is 0.328 e. The van der Waals surface area contributed by atoms with Crippen LogP contribution in [-0.2, 0) is 6.54 Å². The fourth-order valence-corrected chi connectivity index (χ4v) is 2.47. The maximum absolute atomic E-state index is 4.49. The highest BCUT2D eigenvalue weighted by Gasteiger charge is 2.18. The Kier molecular flexibility index (Phi) is 4.25. The van der Waals surface area contributed by atoms with Crippen LogP contribution in [0.15, 0.2) is 61.2 Å². The van der Waals surface area contributed by atoms with Gasteiger partial charge in [-0.15, -0.1) is 0 Å². The van der Waals surface area contributed by atoms with Crippen LogP contribution in [0.1, 0.15) is 11.7 Å². The lowest BCUT2D eigenvalue weighted by molar-refractivity contribution is 0.264. The summed E-state index contributed by atoms with van der Waals surface area (Å²) in [5.74, 6) is 0.878. The first-order valence-electron chi connectivity index (χ1n) is 7.25. The Morgan fingerprint density at radius 2 is 1.73 bits per heavy atom. The van der Waals surface area contributed by atoms with Gasteiger partial charge < -0.3 is 4.57 Å². The van der Waals surface area contributed by atoms with Gasteiger partial charge in [-0.25, -0.2) is 4.98 Å². The van der Waals surface area contributed by atoms with Gasteiger partial charge in [0, 0.05) is 31.3 Å². The van der Waals surface area contributed by atoms with Crippen LogP contribution in [0.25, 0.3) is 11.5 Å². The normalized spacial score (nSPS) is 12.5. The summed E-state index contributed by atoms with van der Waals surface area (Å²) in [6.07, 6.45) is 7.43. The van der Waals surface area contributed by atoms with E-state index in [1.54, 1.807) is 6.20 Å². The molecule has 0 aliphatic heterocycles. The van der Waals surface area contributed by atoms with E-state index < -0.39 is 0 Å². The molecule has 3 heterocycles. The number of aromatic nitrogens is 4. The number of rotatable bonds is 5. The summed E-state index contributed by atoms with van der Waals surface area (Å²) in [6, 6.07) is 12.1. The predicted octanol–water partition coefficient (Wildman–Crippen LogP) is 2.64. The van der Waals surface area contributed by atoms with Gasteiger partial charge in [0.2, 0.25) is 0 Å². The third-order valence-corrected chi connectivity index (χ3v) is 3.63. The molecule has 0 saturated carbocycles. The minimum Gasteiger partial charge on any atom is -0.328 e. The Bertz CT molecular complexity index is 706. The van der Waals surface area contributed by atoms with Crippen molar-refractivity contribution >= 4 is 0 Å². The molecule has 3 rings (SSSR count). The molecule has 0 aliphatic rings. The first-order valence-corrected chi connectivity index (χ1v) is 7.25. The highest BCUT2D eigenvalue weighted by molar-refractivity contribution is 5.49. The molecule has 5 heteroatoms. The van der Waals surface area contributed by atoms with Gasteiger partial charge in [-0.05, 0) is 38.4 Å². The molecule has 0 amide bonds. The molecular formula is C17H19N5. The summed E-state index contributed by atoms with van der Waals surface area (Å²) in [7, 11) is 4.13. The summed E-state index contributed by atoms with van der Waals surface area (Å²) < 4.78 is 2.13. The van der Waals surface area contributed by atoms with Crippen LogP contribution in [0.4, 0.5) is 0 Å². The average Bonchev–Trinajstić information content (AvgIpc) is 3.02. The lowest BCUT2D eigenvalue weighted by Crippen LogP contribution is -2.25.